The van der Waals surface area contributed by atoms with E-state index in [0.717, 1.165) is 49.7 Å². The molecule has 0 atom stereocenters. The van der Waals surface area contributed by atoms with Crippen LogP contribution in [0.3, 0.4) is 0 Å². The van der Waals surface area contributed by atoms with Crippen molar-refractivity contribution in [2.75, 3.05) is 0 Å². The summed E-state index contributed by atoms with van der Waals surface area (Å²) in [6, 6.07) is 17.5. The van der Waals surface area contributed by atoms with Gasteiger partial charge in [0, 0.05) is 22.3 Å². The van der Waals surface area contributed by atoms with Crippen molar-refractivity contribution in [3.8, 4) is 0 Å². The zero-order chi connectivity index (χ0) is 26.1. The molecule has 0 heterocycles. The average molecular weight is 495 g/mol. The molecule has 190 valence electrons. The molecule has 4 heteroatoms. The first-order chi connectivity index (χ1) is 17.4. The predicted molar refractivity (Wildman–Crippen MR) is 144 cm³/mol. The van der Waals surface area contributed by atoms with E-state index in [9.17, 15) is 8.78 Å². The molecule has 0 aliphatic heterocycles. The lowest BCUT2D eigenvalue weighted by molar-refractivity contribution is 0.696. The van der Waals surface area contributed by atoms with Crippen LogP contribution in [0.2, 0.25) is 0 Å². The summed E-state index contributed by atoms with van der Waals surface area (Å²) in [4.78, 5) is 0. The molecule has 0 saturated heterocycles. The Labute approximate surface area is 212 Å². The molecule has 0 bridgehead atoms. The van der Waals surface area contributed by atoms with Crippen LogP contribution in [0.4, 0.5) is 17.6 Å². The summed E-state index contributed by atoms with van der Waals surface area (Å²) >= 11 is 0. The molecule has 0 unspecified atom stereocenters. The molecule has 0 amide bonds. The van der Waals surface area contributed by atoms with Gasteiger partial charge in [0.1, 0.15) is 0 Å². The van der Waals surface area contributed by atoms with E-state index < -0.39 is 23.3 Å². The number of halogens is 4. The average Bonchev–Trinajstić information content (AvgIpc) is 2.93. The standard InChI is InChI=1S/C32H34F4/c1-4-7-9-22-11-15-25(16-12-22)29(33)31(35)27-19-20-28(24(6-3)21-27)32(36)30(34)26-17-13-23(14-18-26)10-8-5-2/h11-21H,4-10H2,1-3H3/b31-29+,32-30+. The minimum atomic E-state index is -1.02. The third-order valence-corrected chi connectivity index (χ3v) is 6.41. The Kier molecular flexibility index (Phi) is 10.1. The molecular formula is C32H34F4. The summed E-state index contributed by atoms with van der Waals surface area (Å²) < 4.78 is 60.1. The Morgan fingerprint density at radius 1 is 0.528 bits per heavy atom. The van der Waals surface area contributed by atoms with Crippen molar-refractivity contribution in [1.82, 2.24) is 0 Å². The Morgan fingerprint density at radius 2 is 0.944 bits per heavy atom. The predicted octanol–water partition coefficient (Wildman–Crippen LogP) is 10.5. The van der Waals surface area contributed by atoms with Crippen molar-refractivity contribution in [3.05, 3.63) is 106 Å². The largest absolute Gasteiger partial charge is 0.203 e. The van der Waals surface area contributed by atoms with Gasteiger partial charge in [-0.05, 0) is 54.9 Å². The van der Waals surface area contributed by atoms with Gasteiger partial charge >= 0.3 is 0 Å². The van der Waals surface area contributed by atoms with Crippen molar-refractivity contribution in [2.24, 2.45) is 0 Å². The topological polar surface area (TPSA) is 0 Å². The molecule has 3 aromatic rings. The van der Waals surface area contributed by atoms with Gasteiger partial charge in [-0.2, -0.15) is 0 Å². The maximum atomic E-state index is 15.2. The Balaban J connectivity index is 1.88. The molecule has 0 fully saturated rings. The highest BCUT2D eigenvalue weighted by Crippen LogP contribution is 2.35. The summed E-state index contributed by atoms with van der Waals surface area (Å²) in [5, 5.41) is 0. The Morgan fingerprint density at radius 3 is 1.39 bits per heavy atom. The van der Waals surface area contributed by atoms with Crippen LogP contribution in [0, 0.1) is 0 Å². The summed E-state index contributed by atoms with van der Waals surface area (Å²) in [5.41, 5.74) is 2.89. The van der Waals surface area contributed by atoms with Crippen LogP contribution in [0.1, 0.15) is 85.4 Å². The van der Waals surface area contributed by atoms with Crippen LogP contribution in [0.15, 0.2) is 66.7 Å². The molecule has 0 aliphatic rings. The third-order valence-electron chi connectivity index (χ3n) is 6.41. The number of hydrogen-bond donors (Lipinski definition) is 0. The second-order valence-corrected chi connectivity index (χ2v) is 9.08. The first-order valence-corrected chi connectivity index (χ1v) is 12.8. The van der Waals surface area contributed by atoms with Gasteiger partial charge in [-0.15, -0.1) is 0 Å². The Hall–Kier alpha value is -3.14. The smallest absolute Gasteiger partial charge is 0.166 e. The first-order valence-electron chi connectivity index (χ1n) is 12.8. The zero-order valence-electron chi connectivity index (χ0n) is 21.3. The number of rotatable bonds is 11. The number of hydrogen-bond acceptors (Lipinski definition) is 0. The van der Waals surface area contributed by atoms with Crippen molar-refractivity contribution in [3.63, 3.8) is 0 Å². The molecule has 0 spiro atoms. The molecule has 3 aromatic carbocycles. The summed E-state index contributed by atoms with van der Waals surface area (Å²) in [6.45, 7) is 5.97. The first kappa shape index (κ1) is 27.4. The normalized spacial score (nSPS) is 12.9. The molecular weight excluding hydrogens is 460 g/mol. The van der Waals surface area contributed by atoms with Crippen LogP contribution in [0.5, 0.6) is 0 Å². The van der Waals surface area contributed by atoms with Gasteiger partial charge in [-0.1, -0.05) is 94.3 Å². The minimum absolute atomic E-state index is 0.00311. The van der Waals surface area contributed by atoms with E-state index in [1.165, 1.54) is 18.2 Å². The van der Waals surface area contributed by atoms with E-state index >= 15 is 8.78 Å². The van der Waals surface area contributed by atoms with Gasteiger partial charge in [0.05, 0.1) is 0 Å². The Bertz CT molecular complexity index is 1200. The van der Waals surface area contributed by atoms with Crippen LogP contribution >= 0.6 is 0 Å². The van der Waals surface area contributed by atoms with E-state index in [4.69, 9.17) is 0 Å². The van der Waals surface area contributed by atoms with Gasteiger partial charge in [0.25, 0.3) is 0 Å². The molecule has 0 saturated carbocycles. The third kappa shape index (κ3) is 6.75. The van der Waals surface area contributed by atoms with Gasteiger partial charge in [-0.25, -0.2) is 17.6 Å². The highest BCUT2D eigenvalue weighted by molar-refractivity contribution is 5.87. The summed E-state index contributed by atoms with van der Waals surface area (Å²) in [6.07, 6.45) is 6.31. The lowest BCUT2D eigenvalue weighted by atomic mass is 9.97. The van der Waals surface area contributed by atoms with Crippen LogP contribution in [0.25, 0.3) is 23.3 Å². The molecule has 0 aliphatic carbocycles. The van der Waals surface area contributed by atoms with E-state index in [2.05, 4.69) is 13.8 Å². The lowest BCUT2D eigenvalue weighted by Gasteiger charge is -2.11. The van der Waals surface area contributed by atoms with Gasteiger partial charge < -0.3 is 0 Å². The van der Waals surface area contributed by atoms with E-state index in [1.54, 1.807) is 55.5 Å². The molecule has 0 radical (unpaired) electrons. The molecule has 0 aromatic heterocycles. The molecule has 0 nitrogen and oxygen atoms in total. The fraction of sp³-hybridized carbons (Fsp3) is 0.312. The maximum Gasteiger partial charge on any atom is 0.166 e. The summed E-state index contributed by atoms with van der Waals surface area (Å²) in [7, 11) is 0. The second kappa shape index (κ2) is 13.2. The number of unbranched alkanes of at least 4 members (excludes halogenated alkanes) is 2. The van der Waals surface area contributed by atoms with Crippen molar-refractivity contribution in [1.29, 1.82) is 0 Å². The fourth-order valence-electron chi connectivity index (χ4n) is 4.13. The van der Waals surface area contributed by atoms with Crippen LogP contribution in [-0.4, -0.2) is 0 Å². The van der Waals surface area contributed by atoms with E-state index in [-0.39, 0.29) is 22.3 Å². The van der Waals surface area contributed by atoms with Crippen molar-refractivity contribution in [2.45, 2.75) is 65.7 Å². The van der Waals surface area contributed by atoms with E-state index in [1.807, 2.05) is 0 Å². The highest BCUT2D eigenvalue weighted by Gasteiger charge is 2.18. The fourth-order valence-corrected chi connectivity index (χ4v) is 4.13. The SMILES string of the molecule is CCCCc1ccc(/C(F)=C(\F)c2ccc(/C(F)=C(\F)c3ccc(CCCC)cc3)c(CC)c2)cc1. The zero-order valence-corrected chi connectivity index (χ0v) is 21.3. The number of aryl methyl sites for hydroxylation is 3. The lowest BCUT2D eigenvalue weighted by Crippen LogP contribution is -1.95. The van der Waals surface area contributed by atoms with Crippen LogP contribution < -0.4 is 0 Å². The molecule has 3 rings (SSSR count). The van der Waals surface area contributed by atoms with Crippen molar-refractivity contribution < 1.29 is 17.6 Å². The quantitative estimate of drug-likeness (QED) is 0.184. The summed E-state index contributed by atoms with van der Waals surface area (Å²) in [5.74, 6) is -3.97. The van der Waals surface area contributed by atoms with E-state index in [0.29, 0.717) is 12.0 Å². The van der Waals surface area contributed by atoms with Gasteiger partial charge in [0.2, 0.25) is 0 Å². The van der Waals surface area contributed by atoms with Gasteiger partial charge in [0.15, 0.2) is 23.3 Å². The molecule has 36 heavy (non-hydrogen) atoms. The molecule has 0 N–H and O–H groups in total. The monoisotopic (exact) mass is 494 g/mol. The van der Waals surface area contributed by atoms with Crippen molar-refractivity contribution >= 4 is 23.3 Å². The second-order valence-electron chi connectivity index (χ2n) is 9.08. The minimum Gasteiger partial charge on any atom is -0.203 e. The maximum absolute atomic E-state index is 15.2. The van der Waals surface area contributed by atoms with Gasteiger partial charge in [-0.3, -0.25) is 0 Å². The van der Waals surface area contributed by atoms with Crippen LogP contribution in [-0.2, 0) is 19.3 Å². The highest BCUT2D eigenvalue weighted by atomic mass is 19.2. The number of benzene rings is 3.